The highest BCUT2D eigenvalue weighted by Crippen LogP contribution is 2.23. The molecule has 18 heavy (non-hydrogen) atoms. The van der Waals surface area contributed by atoms with Crippen LogP contribution in [0.1, 0.15) is 13.8 Å². The molecule has 0 unspecified atom stereocenters. The van der Waals surface area contributed by atoms with Crippen molar-refractivity contribution in [3.8, 4) is 0 Å². The monoisotopic (exact) mass is 340 g/mol. The van der Waals surface area contributed by atoms with Crippen LogP contribution in [0.25, 0.3) is 0 Å². The molecule has 1 N–H and O–H groups in total. The van der Waals surface area contributed by atoms with Crippen molar-refractivity contribution in [1.29, 1.82) is 0 Å². The van der Waals surface area contributed by atoms with Gasteiger partial charge in [0.25, 0.3) is 10.0 Å². The maximum atomic E-state index is 12.3. The third-order valence-electron chi connectivity index (χ3n) is 2.16. The average molecular weight is 341 g/mol. The van der Waals surface area contributed by atoms with Crippen molar-refractivity contribution in [2.45, 2.75) is 24.9 Å². The summed E-state index contributed by atoms with van der Waals surface area (Å²) in [6, 6.07) is -0.493. The maximum Gasteiger partial charge on any atom is 0.318 e. The second-order valence-electron chi connectivity index (χ2n) is 3.85. The van der Waals surface area contributed by atoms with Crippen LogP contribution in [0.5, 0.6) is 0 Å². The molecule has 0 atom stereocenters. The highest BCUT2D eigenvalue weighted by atomic mass is 79.9. The summed E-state index contributed by atoms with van der Waals surface area (Å²) in [7, 11) is -2.55. The molecule has 10 heteroatoms. The molecule has 0 aliphatic rings. The van der Waals surface area contributed by atoms with Crippen LogP contribution in [0.4, 0.5) is 0 Å². The SMILES string of the molecule is CC(C)N(CC(=O)O)S(=O)(=O)c1c(Br)nnn1C. The van der Waals surface area contributed by atoms with Gasteiger partial charge < -0.3 is 5.11 Å². The number of halogens is 1. The number of hydrogen-bond acceptors (Lipinski definition) is 5. The van der Waals surface area contributed by atoms with Crippen LogP contribution in [-0.4, -0.2) is 51.4 Å². The molecule has 8 nitrogen and oxygen atoms in total. The second kappa shape index (κ2) is 5.33. The molecule has 0 spiro atoms. The lowest BCUT2D eigenvalue weighted by molar-refractivity contribution is -0.137. The third kappa shape index (κ3) is 2.87. The standard InChI is InChI=1S/C8H13BrN4O4S/c1-5(2)13(4-6(14)15)18(16,17)8-7(9)10-11-12(8)3/h5H,4H2,1-3H3,(H,14,15). The quantitative estimate of drug-likeness (QED) is 0.812. The Hall–Kier alpha value is -1.00. The van der Waals surface area contributed by atoms with Gasteiger partial charge in [0.1, 0.15) is 6.54 Å². The molecule has 1 aromatic rings. The van der Waals surface area contributed by atoms with Crippen molar-refractivity contribution < 1.29 is 18.3 Å². The number of carbonyl (C=O) groups is 1. The molecule has 0 bridgehead atoms. The van der Waals surface area contributed by atoms with Crippen LogP contribution < -0.4 is 0 Å². The van der Waals surface area contributed by atoms with E-state index >= 15 is 0 Å². The number of aromatic nitrogens is 3. The molecule has 1 heterocycles. The van der Waals surface area contributed by atoms with E-state index in [1.54, 1.807) is 13.8 Å². The van der Waals surface area contributed by atoms with E-state index in [0.29, 0.717) is 0 Å². The zero-order chi connectivity index (χ0) is 14.1. The number of carboxylic acid groups (broad SMARTS) is 1. The number of sulfonamides is 1. The molecule has 1 aromatic heterocycles. The van der Waals surface area contributed by atoms with Gasteiger partial charge in [-0.05, 0) is 29.8 Å². The van der Waals surface area contributed by atoms with E-state index in [1.165, 1.54) is 7.05 Å². The first-order chi connectivity index (χ1) is 8.17. The van der Waals surface area contributed by atoms with E-state index in [2.05, 4.69) is 26.2 Å². The summed E-state index contributed by atoms with van der Waals surface area (Å²) in [4.78, 5) is 10.7. The van der Waals surface area contributed by atoms with Crippen LogP contribution >= 0.6 is 15.9 Å². The van der Waals surface area contributed by atoms with Crippen LogP contribution in [0.2, 0.25) is 0 Å². The van der Waals surface area contributed by atoms with Crippen LogP contribution in [0, 0.1) is 0 Å². The topological polar surface area (TPSA) is 105 Å². The van der Waals surface area contributed by atoms with E-state index in [-0.39, 0.29) is 9.63 Å². The predicted molar refractivity (Wildman–Crippen MR) is 65.4 cm³/mol. The molecule has 1 rings (SSSR count). The van der Waals surface area contributed by atoms with Gasteiger partial charge in [0.15, 0.2) is 4.60 Å². The molecular weight excluding hydrogens is 328 g/mol. The Balaban J connectivity index is 3.30. The Labute approximate surface area is 113 Å². The van der Waals surface area contributed by atoms with Gasteiger partial charge in [-0.25, -0.2) is 13.1 Å². The van der Waals surface area contributed by atoms with Crippen molar-refractivity contribution >= 4 is 31.9 Å². The van der Waals surface area contributed by atoms with Crippen molar-refractivity contribution in [2.24, 2.45) is 7.05 Å². The summed E-state index contributed by atoms with van der Waals surface area (Å²) in [5.41, 5.74) is 0. The first-order valence-electron chi connectivity index (χ1n) is 4.96. The Bertz CT molecular complexity index is 534. The fourth-order valence-electron chi connectivity index (χ4n) is 1.39. The number of rotatable bonds is 5. The van der Waals surface area contributed by atoms with Gasteiger partial charge >= 0.3 is 5.97 Å². The van der Waals surface area contributed by atoms with Gasteiger partial charge in [0, 0.05) is 13.1 Å². The lowest BCUT2D eigenvalue weighted by Gasteiger charge is -2.23. The largest absolute Gasteiger partial charge is 0.480 e. The minimum Gasteiger partial charge on any atom is -0.480 e. The van der Waals surface area contributed by atoms with E-state index < -0.39 is 28.6 Å². The van der Waals surface area contributed by atoms with Crippen molar-refractivity contribution in [1.82, 2.24) is 19.3 Å². The summed E-state index contributed by atoms with van der Waals surface area (Å²) < 4.78 is 26.7. The minimum atomic E-state index is -3.97. The van der Waals surface area contributed by atoms with E-state index in [4.69, 9.17) is 5.11 Å². The highest BCUT2D eigenvalue weighted by Gasteiger charge is 2.34. The van der Waals surface area contributed by atoms with Crippen molar-refractivity contribution in [3.05, 3.63) is 4.60 Å². The molecule has 0 amide bonds. The van der Waals surface area contributed by atoms with E-state index in [1.807, 2.05) is 0 Å². The van der Waals surface area contributed by atoms with Gasteiger partial charge in [-0.15, -0.1) is 5.10 Å². The highest BCUT2D eigenvalue weighted by molar-refractivity contribution is 9.10. The zero-order valence-electron chi connectivity index (χ0n) is 10.0. The fourth-order valence-corrected chi connectivity index (χ4v) is 4.01. The Kier molecular flexibility index (Phi) is 4.46. The van der Waals surface area contributed by atoms with Gasteiger partial charge in [0.05, 0.1) is 0 Å². The van der Waals surface area contributed by atoms with Gasteiger partial charge in [-0.1, -0.05) is 5.21 Å². The molecule has 0 fully saturated rings. The van der Waals surface area contributed by atoms with Crippen molar-refractivity contribution in [2.75, 3.05) is 6.54 Å². The summed E-state index contributed by atoms with van der Waals surface area (Å²) in [5, 5.41) is 15.8. The van der Waals surface area contributed by atoms with Gasteiger partial charge in [-0.2, -0.15) is 4.31 Å². The number of aliphatic carboxylic acids is 1. The van der Waals surface area contributed by atoms with Crippen LogP contribution in [0.15, 0.2) is 9.63 Å². The summed E-state index contributed by atoms with van der Waals surface area (Å²) in [5.74, 6) is -1.22. The van der Waals surface area contributed by atoms with E-state index in [9.17, 15) is 13.2 Å². The lowest BCUT2D eigenvalue weighted by Crippen LogP contribution is -2.41. The molecule has 0 aromatic carbocycles. The summed E-state index contributed by atoms with van der Waals surface area (Å²) in [6.07, 6.45) is 0. The average Bonchev–Trinajstić information content (AvgIpc) is 2.54. The zero-order valence-corrected chi connectivity index (χ0v) is 12.4. The van der Waals surface area contributed by atoms with E-state index in [0.717, 1.165) is 8.99 Å². The minimum absolute atomic E-state index is 0.0565. The molecule has 0 radical (unpaired) electrons. The summed E-state index contributed by atoms with van der Waals surface area (Å²) >= 11 is 2.99. The molecule has 0 saturated heterocycles. The first kappa shape index (κ1) is 15.1. The van der Waals surface area contributed by atoms with Crippen molar-refractivity contribution in [3.63, 3.8) is 0 Å². The number of hydrogen-bond donors (Lipinski definition) is 1. The van der Waals surface area contributed by atoms with Crippen LogP contribution in [-0.2, 0) is 21.9 Å². The normalized spacial score (nSPS) is 12.3. The smallest absolute Gasteiger partial charge is 0.318 e. The molecule has 0 saturated carbocycles. The summed E-state index contributed by atoms with van der Waals surface area (Å²) in [6.45, 7) is 2.58. The first-order valence-corrected chi connectivity index (χ1v) is 7.20. The van der Waals surface area contributed by atoms with Gasteiger partial charge in [0.2, 0.25) is 5.03 Å². The Morgan fingerprint density at radius 1 is 1.56 bits per heavy atom. The molecule has 102 valence electrons. The van der Waals surface area contributed by atoms with Crippen LogP contribution in [0.3, 0.4) is 0 Å². The fraction of sp³-hybridized carbons (Fsp3) is 0.625. The third-order valence-corrected chi connectivity index (χ3v) is 5.07. The molecular formula is C8H13BrN4O4S. The number of carboxylic acids is 1. The maximum absolute atomic E-state index is 12.3. The lowest BCUT2D eigenvalue weighted by atomic mass is 10.4. The second-order valence-corrected chi connectivity index (χ2v) is 6.40. The Morgan fingerprint density at radius 3 is 2.44 bits per heavy atom. The molecule has 0 aliphatic heterocycles. The predicted octanol–water partition coefficient (Wildman–Crippen LogP) is 0.0613. The molecule has 0 aliphatic carbocycles. The Morgan fingerprint density at radius 2 is 2.11 bits per heavy atom. The van der Waals surface area contributed by atoms with Gasteiger partial charge in [-0.3, -0.25) is 4.79 Å². The number of nitrogens with zero attached hydrogens (tertiary/aromatic N) is 4. The number of aryl methyl sites for hydroxylation is 1.